The summed E-state index contributed by atoms with van der Waals surface area (Å²) in [7, 11) is 1.69. The second-order valence-corrected chi connectivity index (χ2v) is 6.61. The molecule has 2 rings (SSSR count). The van der Waals surface area contributed by atoms with E-state index in [1.807, 2.05) is 30.3 Å². The summed E-state index contributed by atoms with van der Waals surface area (Å²) >= 11 is 0. The van der Waals surface area contributed by atoms with Crippen LogP contribution in [0.3, 0.4) is 0 Å². The fourth-order valence-electron chi connectivity index (χ4n) is 2.87. The van der Waals surface area contributed by atoms with Gasteiger partial charge >= 0.3 is 12.0 Å². The average Bonchev–Trinajstić information content (AvgIpc) is 2.64. The van der Waals surface area contributed by atoms with E-state index in [1.54, 1.807) is 33.0 Å². The number of carbonyl (C=O) groups excluding carboxylic acids is 2. The highest BCUT2D eigenvalue weighted by atomic mass is 16.4. The lowest BCUT2D eigenvalue weighted by Gasteiger charge is -2.18. The lowest BCUT2D eigenvalue weighted by atomic mass is 10.0. The Labute approximate surface area is 164 Å². The number of carboxylic acids is 1. The van der Waals surface area contributed by atoms with Crippen molar-refractivity contribution in [1.29, 1.82) is 0 Å². The Morgan fingerprint density at radius 3 is 2.36 bits per heavy atom. The highest BCUT2D eigenvalue weighted by Crippen LogP contribution is 2.22. The smallest absolute Gasteiger partial charge is 0.336 e. The van der Waals surface area contributed by atoms with Crippen LogP contribution >= 0.6 is 0 Å². The van der Waals surface area contributed by atoms with Crippen molar-refractivity contribution in [2.75, 3.05) is 18.9 Å². The van der Waals surface area contributed by atoms with Crippen LogP contribution in [0.15, 0.2) is 42.5 Å². The highest BCUT2D eigenvalue weighted by Gasteiger charge is 2.15. The minimum atomic E-state index is -1.03. The van der Waals surface area contributed by atoms with Gasteiger partial charge in [-0.25, -0.2) is 9.59 Å². The monoisotopic (exact) mass is 383 g/mol. The number of carboxylic acid groups (broad SMARTS) is 1. The Balaban J connectivity index is 1.84. The summed E-state index contributed by atoms with van der Waals surface area (Å²) in [5.41, 5.74) is 2.81. The van der Waals surface area contributed by atoms with Gasteiger partial charge in [-0.05, 0) is 36.6 Å². The second kappa shape index (κ2) is 9.55. The molecule has 0 saturated heterocycles. The standard InChI is InChI=1S/C21H25N3O4/c1-14-9-10-17(15(2)19(14)20(26)27)23-18(25)11-12-22-21(28)24(3)13-16-7-5-4-6-8-16/h4-10H,11-13H2,1-3H3,(H,22,28)(H,23,25)(H,26,27). The molecule has 3 amide bonds. The van der Waals surface area contributed by atoms with Gasteiger partial charge < -0.3 is 20.6 Å². The predicted molar refractivity (Wildman–Crippen MR) is 107 cm³/mol. The molecule has 0 radical (unpaired) electrons. The van der Waals surface area contributed by atoms with E-state index < -0.39 is 5.97 Å². The average molecular weight is 383 g/mol. The molecular formula is C21H25N3O4. The maximum Gasteiger partial charge on any atom is 0.336 e. The minimum Gasteiger partial charge on any atom is -0.478 e. The van der Waals surface area contributed by atoms with Crippen molar-refractivity contribution >= 4 is 23.6 Å². The van der Waals surface area contributed by atoms with Crippen molar-refractivity contribution in [2.45, 2.75) is 26.8 Å². The number of rotatable bonds is 7. The summed E-state index contributed by atoms with van der Waals surface area (Å²) in [5.74, 6) is -1.32. The maximum absolute atomic E-state index is 12.1. The van der Waals surface area contributed by atoms with Crippen LogP contribution in [0.25, 0.3) is 0 Å². The molecule has 2 aromatic carbocycles. The van der Waals surface area contributed by atoms with Crippen LogP contribution in [0.4, 0.5) is 10.5 Å². The summed E-state index contributed by atoms with van der Waals surface area (Å²) in [6.45, 7) is 4.02. The highest BCUT2D eigenvalue weighted by molar-refractivity contribution is 5.97. The molecule has 0 heterocycles. The van der Waals surface area contributed by atoms with Gasteiger partial charge in [-0.1, -0.05) is 36.4 Å². The molecule has 0 aliphatic rings. The number of hydrogen-bond donors (Lipinski definition) is 3. The minimum absolute atomic E-state index is 0.0840. The molecule has 0 aliphatic heterocycles. The van der Waals surface area contributed by atoms with Gasteiger partial charge in [-0.15, -0.1) is 0 Å². The number of aromatic carboxylic acids is 1. The van der Waals surface area contributed by atoms with Gasteiger partial charge in [0.1, 0.15) is 0 Å². The van der Waals surface area contributed by atoms with Crippen LogP contribution in [0.5, 0.6) is 0 Å². The van der Waals surface area contributed by atoms with Gasteiger partial charge in [0.05, 0.1) is 5.56 Å². The summed E-state index contributed by atoms with van der Waals surface area (Å²) in [5, 5.41) is 14.7. The number of nitrogens with one attached hydrogen (secondary N) is 2. The van der Waals surface area contributed by atoms with E-state index in [0.29, 0.717) is 23.4 Å². The zero-order valence-electron chi connectivity index (χ0n) is 16.3. The SMILES string of the molecule is Cc1ccc(NC(=O)CCNC(=O)N(C)Cc2ccccc2)c(C)c1C(=O)O. The molecule has 2 aromatic rings. The van der Waals surface area contributed by atoms with Crippen molar-refractivity contribution < 1.29 is 19.5 Å². The molecule has 0 aliphatic carbocycles. The molecule has 3 N–H and O–H groups in total. The van der Waals surface area contributed by atoms with E-state index in [1.165, 1.54) is 4.90 Å². The predicted octanol–water partition coefficient (Wildman–Crippen LogP) is 3.17. The number of amides is 3. The van der Waals surface area contributed by atoms with Gasteiger partial charge in [0.25, 0.3) is 0 Å². The van der Waals surface area contributed by atoms with Crippen molar-refractivity contribution in [3.05, 3.63) is 64.7 Å². The lowest BCUT2D eigenvalue weighted by Crippen LogP contribution is -2.38. The Morgan fingerprint density at radius 2 is 1.71 bits per heavy atom. The quantitative estimate of drug-likeness (QED) is 0.684. The third-order valence-electron chi connectivity index (χ3n) is 4.40. The fraction of sp³-hybridized carbons (Fsp3) is 0.286. The number of hydrogen-bond acceptors (Lipinski definition) is 3. The molecule has 0 spiro atoms. The lowest BCUT2D eigenvalue weighted by molar-refractivity contribution is -0.116. The molecule has 7 heteroatoms. The summed E-state index contributed by atoms with van der Waals surface area (Å²) < 4.78 is 0. The van der Waals surface area contributed by atoms with E-state index in [9.17, 15) is 19.5 Å². The first-order valence-electron chi connectivity index (χ1n) is 8.96. The molecule has 148 valence electrons. The van der Waals surface area contributed by atoms with Gasteiger partial charge in [0.15, 0.2) is 0 Å². The van der Waals surface area contributed by atoms with Crippen LogP contribution in [0, 0.1) is 13.8 Å². The molecule has 7 nitrogen and oxygen atoms in total. The first-order chi connectivity index (χ1) is 13.3. The van der Waals surface area contributed by atoms with Gasteiger partial charge in [0, 0.05) is 32.2 Å². The van der Waals surface area contributed by atoms with Crippen LogP contribution < -0.4 is 10.6 Å². The zero-order valence-corrected chi connectivity index (χ0v) is 16.3. The number of aryl methyl sites for hydroxylation is 1. The number of nitrogens with zero attached hydrogens (tertiary/aromatic N) is 1. The Kier molecular flexibility index (Phi) is 7.14. The Hall–Kier alpha value is -3.35. The molecule has 28 heavy (non-hydrogen) atoms. The molecule has 0 bridgehead atoms. The number of urea groups is 1. The van der Waals surface area contributed by atoms with E-state index >= 15 is 0 Å². The van der Waals surface area contributed by atoms with Crippen molar-refractivity contribution in [3.8, 4) is 0 Å². The Bertz CT molecular complexity index is 865. The van der Waals surface area contributed by atoms with E-state index in [2.05, 4.69) is 10.6 Å². The summed E-state index contributed by atoms with van der Waals surface area (Å²) in [6.07, 6.45) is 0.0840. The van der Waals surface area contributed by atoms with Crippen LogP contribution in [-0.4, -0.2) is 41.5 Å². The molecule has 0 fully saturated rings. The molecular weight excluding hydrogens is 358 g/mol. The second-order valence-electron chi connectivity index (χ2n) is 6.61. The Morgan fingerprint density at radius 1 is 1.04 bits per heavy atom. The van der Waals surface area contributed by atoms with E-state index in [4.69, 9.17) is 0 Å². The number of anilines is 1. The number of carbonyl (C=O) groups is 3. The topological polar surface area (TPSA) is 98.7 Å². The fourth-order valence-corrected chi connectivity index (χ4v) is 2.87. The van der Waals surface area contributed by atoms with Gasteiger partial charge in [-0.2, -0.15) is 0 Å². The van der Waals surface area contributed by atoms with Crippen LogP contribution in [-0.2, 0) is 11.3 Å². The van der Waals surface area contributed by atoms with Crippen molar-refractivity contribution in [2.24, 2.45) is 0 Å². The third kappa shape index (κ3) is 5.57. The first-order valence-corrected chi connectivity index (χ1v) is 8.96. The molecule has 0 saturated carbocycles. The van der Waals surface area contributed by atoms with Crippen LogP contribution in [0.2, 0.25) is 0 Å². The molecule has 0 aromatic heterocycles. The largest absolute Gasteiger partial charge is 0.478 e. The zero-order chi connectivity index (χ0) is 20.7. The molecule has 0 unspecified atom stereocenters. The number of benzene rings is 2. The van der Waals surface area contributed by atoms with Gasteiger partial charge in [-0.3, -0.25) is 4.79 Å². The normalized spacial score (nSPS) is 10.2. The summed E-state index contributed by atoms with van der Waals surface area (Å²) in [4.78, 5) is 37.2. The van der Waals surface area contributed by atoms with E-state index in [0.717, 1.165) is 5.56 Å². The molecule has 0 atom stereocenters. The maximum atomic E-state index is 12.1. The van der Waals surface area contributed by atoms with Crippen molar-refractivity contribution in [1.82, 2.24) is 10.2 Å². The van der Waals surface area contributed by atoms with E-state index in [-0.39, 0.29) is 30.5 Å². The summed E-state index contributed by atoms with van der Waals surface area (Å²) in [6, 6.07) is 12.7. The van der Waals surface area contributed by atoms with Crippen molar-refractivity contribution in [3.63, 3.8) is 0 Å². The van der Waals surface area contributed by atoms with Crippen LogP contribution in [0.1, 0.15) is 33.5 Å². The third-order valence-corrected chi connectivity index (χ3v) is 4.40. The van der Waals surface area contributed by atoms with Gasteiger partial charge in [0.2, 0.25) is 5.91 Å². The first kappa shape index (κ1) is 21.0.